The normalized spacial score (nSPS) is 27.9. The summed E-state index contributed by atoms with van der Waals surface area (Å²) < 4.78 is 5.76. The number of likely N-dealkylation sites (tertiary alicyclic amines) is 1. The molecule has 2 unspecified atom stereocenters. The molecule has 2 atom stereocenters. The van der Waals surface area contributed by atoms with Crippen molar-refractivity contribution in [1.29, 1.82) is 0 Å². The van der Waals surface area contributed by atoms with Crippen molar-refractivity contribution < 1.29 is 9.53 Å². The molecule has 1 aromatic rings. The Kier molecular flexibility index (Phi) is 4.29. The van der Waals surface area contributed by atoms with Gasteiger partial charge in [0.05, 0.1) is 12.2 Å². The lowest BCUT2D eigenvalue weighted by atomic mass is 9.82. The van der Waals surface area contributed by atoms with Crippen LogP contribution in [0.2, 0.25) is 0 Å². The molecule has 0 aromatic heterocycles. The summed E-state index contributed by atoms with van der Waals surface area (Å²) in [4.78, 5) is 13.6. The highest BCUT2D eigenvalue weighted by atomic mass is 16.6. The van der Waals surface area contributed by atoms with Crippen molar-refractivity contribution in [2.45, 2.75) is 44.6 Å². The Balaban J connectivity index is 1.46. The number of carbonyl (C=O) groups is 1. The van der Waals surface area contributed by atoms with Crippen LogP contribution in [0.4, 0.5) is 0 Å². The van der Waals surface area contributed by atoms with E-state index < -0.39 is 0 Å². The molecule has 0 radical (unpaired) electrons. The highest BCUT2D eigenvalue weighted by molar-refractivity contribution is 5.73. The van der Waals surface area contributed by atoms with E-state index in [1.54, 1.807) is 6.92 Å². The van der Waals surface area contributed by atoms with Crippen molar-refractivity contribution in [2.24, 2.45) is 5.92 Å². The van der Waals surface area contributed by atoms with Gasteiger partial charge in [0.2, 0.25) is 5.91 Å². The standard InChI is InChI=1S/C18H25NO2/c1-15(20)19-12-11-18(14-21-18)17(13-19)10-6-5-9-16-7-3-2-4-8-16/h2-4,7-8,17H,5-6,9-14H2,1H3. The van der Waals surface area contributed by atoms with Gasteiger partial charge in [0, 0.05) is 25.9 Å². The summed E-state index contributed by atoms with van der Waals surface area (Å²) in [5, 5.41) is 0. The van der Waals surface area contributed by atoms with Crippen LogP contribution in [0.25, 0.3) is 0 Å². The Hall–Kier alpha value is -1.35. The first-order valence-corrected chi connectivity index (χ1v) is 8.13. The molecular formula is C18H25NO2. The minimum absolute atomic E-state index is 0.124. The van der Waals surface area contributed by atoms with Crippen LogP contribution >= 0.6 is 0 Å². The maximum Gasteiger partial charge on any atom is 0.219 e. The molecule has 0 aliphatic carbocycles. The first-order valence-electron chi connectivity index (χ1n) is 8.13. The van der Waals surface area contributed by atoms with Gasteiger partial charge in [0.15, 0.2) is 0 Å². The molecule has 2 aliphatic rings. The molecule has 2 heterocycles. The largest absolute Gasteiger partial charge is 0.369 e. The molecule has 3 heteroatoms. The molecular weight excluding hydrogens is 262 g/mol. The molecule has 3 nitrogen and oxygen atoms in total. The molecule has 2 fully saturated rings. The Morgan fingerprint density at radius 3 is 2.76 bits per heavy atom. The van der Waals surface area contributed by atoms with E-state index in [0.29, 0.717) is 5.92 Å². The summed E-state index contributed by atoms with van der Waals surface area (Å²) in [7, 11) is 0. The van der Waals surface area contributed by atoms with Crippen LogP contribution in [0.1, 0.15) is 38.2 Å². The molecule has 21 heavy (non-hydrogen) atoms. The molecule has 1 amide bonds. The smallest absolute Gasteiger partial charge is 0.219 e. The van der Waals surface area contributed by atoms with Gasteiger partial charge < -0.3 is 9.64 Å². The monoisotopic (exact) mass is 287 g/mol. The van der Waals surface area contributed by atoms with E-state index in [1.807, 2.05) is 4.90 Å². The van der Waals surface area contributed by atoms with E-state index in [-0.39, 0.29) is 11.5 Å². The Morgan fingerprint density at radius 2 is 2.10 bits per heavy atom. The van der Waals surface area contributed by atoms with Gasteiger partial charge in [-0.2, -0.15) is 0 Å². The van der Waals surface area contributed by atoms with E-state index in [9.17, 15) is 4.79 Å². The van der Waals surface area contributed by atoms with Gasteiger partial charge in [-0.1, -0.05) is 36.8 Å². The number of piperidine rings is 1. The van der Waals surface area contributed by atoms with Gasteiger partial charge in [-0.3, -0.25) is 4.79 Å². The first kappa shape index (κ1) is 14.6. The van der Waals surface area contributed by atoms with E-state index in [2.05, 4.69) is 30.3 Å². The van der Waals surface area contributed by atoms with E-state index in [0.717, 1.165) is 32.5 Å². The molecule has 0 saturated carbocycles. The van der Waals surface area contributed by atoms with Crippen LogP contribution in [0.15, 0.2) is 30.3 Å². The van der Waals surface area contributed by atoms with Crippen molar-refractivity contribution in [3.8, 4) is 0 Å². The highest BCUT2D eigenvalue weighted by Crippen LogP contribution is 2.44. The average molecular weight is 287 g/mol. The van der Waals surface area contributed by atoms with Gasteiger partial charge >= 0.3 is 0 Å². The number of hydrogen-bond acceptors (Lipinski definition) is 2. The lowest BCUT2D eigenvalue weighted by Gasteiger charge is -2.36. The van der Waals surface area contributed by atoms with Crippen LogP contribution in [0.3, 0.4) is 0 Å². The molecule has 2 saturated heterocycles. The molecule has 3 rings (SSSR count). The summed E-state index contributed by atoms with van der Waals surface area (Å²) in [6.45, 7) is 4.34. The van der Waals surface area contributed by atoms with Crippen LogP contribution in [0.5, 0.6) is 0 Å². The van der Waals surface area contributed by atoms with Crippen molar-refractivity contribution in [3.63, 3.8) is 0 Å². The summed E-state index contributed by atoms with van der Waals surface area (Å²) in [5.74, 6) is 0.741. The van der Waals surface area contributed by atoms with Gasteiger partial charge in [0.25, 0.3) is 0 Å². The van der Waals surface area contributed by atoms with Crippen molar-refractivity contribution in [2.75, 3.05) is 19.7 Å². The summed E-state index contributed by atoms with van der Waals surface area (Å²) in [5.41, 5.74) is 1.54. The zero-order chi connectivity index (χ0) is 14.7. The number of epoxide rings is 1. The highest BCUT2D eigenvalue weighted by Gasteiger charge is 2.53. The third-order valence-corrected chi connectivity index (χ3v) is 5.06. The lowest BCUT2D eigenvalue weighted by Crippen LogP contribution is -2.47. The number of hydrogen-bond donors (Lipinski definition) is 0. The number of nitrogens with zero attached hydrogens (tertiary/aromatic N) is 1. The average Bonchev–Trinajstić information content (AvgIpc) is 3.26. The van der Waals surface area contributed by atoms with Crippen LogP contribution in [0, 0.1) is 5.92 Å². The van der Waals surface area contributed by atoms with E-state index in [1.165, 1.54) is 24.8 Å². The fourth-order valence-corrected chi connectivity index (χ4v) is 3.53. The maximum absolute atomic E-state index is 11.6. The third kappa shape index (κ3) is 3.46. The summed E-state index contributed by atoms with van der Waals surface area (Å²) >= 11 is 0. The SMILES string of the molecule is CC(=O)N1CCC2(CO2)C(CCCCc2ccccc2)C1. The van der Waals surface area contributed by atoms with Crippen LogP contribution in [-0.4, -0.2) is 36.1 Å². The fourth-order valence-electron chi connectivity index (χ4n) is 3.53. The van der Waals surface area contributed by atoms with Gasteiger partial charge in [-0.05, 0) is 31.2 Å². The number of ether oxygens (including phenoxy) is 1. The number of rotatable bonds is 5. The van der Waals surface area contributed by atoms with Crippen molar-refractivity contribution in [3.05, 3.63) is 35.9 Å². The molecule has 2 aliphatic heterocycles. The van der Waals surface area contributed by atoms with E-state index >= 15 is 0 Å². The second kappa shape index (κ2) is 6.18. The molecule has 1 spiro atoms. The zero-order valence-electron chi connectivity index (χ0n) is 12.9. The lowest BCUT2D eigenvalue weighted by molar-refractivity contribution is -0.131. The Morgan fingerprint density at radius 1 is 1.33 bits per heavy atom. The predicted molar refractivity (Wildman–Crippen MR) is 83.0 cm³/mol. The predicted octanol–water partition coefficient (Wildman–Crippen LogP) is 3.04. The van der Waals surface area contributed by atoms with Crippen molar-refractivity contribution in [1.82, 2.24) is 4.90 Å². The van der Waals surface area contributed by atoms with Crippen LogP contribution in [-0.2, 0) is 16.0 Å². The fraction of sp³-hybridized carbons (Fsp3) is 0.611. The number of benzene rings is 1. The van der Waals surface area contributed by atoms with Crippen LogP contribution < -0.4 is 0 Å². The van der Waals surface area contributed by atoms with Crippen molar-refractivity contribution >= 4 is 5.91 Å². The third-order valence-electron chi connectivity index (χ3n) is 5.06. The molecule has 0 bridgehead atoms. The molecule has 1 aromatic carbocycles. The number of unbranched alkanes of at least 4 members (excludes halogenated alkanes) is 1. The van der Waals surface area contributed by atoms with Gasteiger partial charge in [-0.25, -0.2) is 0 Å². The maximum atomic E-state index is 11.6. The Bertz CT molecular complexity index is 481. The second-order valence-corrected chi connectivity index (χ2v) is 6.50. The van der Waals surface area contributed by atoms with Gasteiger partial charge in [0.1, 0.15) is 0 Å². The number of amides is 1. The Labute approximate surface area is 127 Å². The first-order chi connectivity index (χ1) is 10.2. The number of carbonyl (C=O) groups excluding carboxylic acids is 1. The topological polar surface area (TPSA) is 32.8 Å². The minimum atomic E-state index is 0.124. The number of aryl methyl sites for hydroxylation is 1. The second-order valence-electron chi connectivity index (χ2n) is 6.50. The summed E-state index contributed by atoms with van der Waals surface area (Å²) in [6.07, 6.45) is 5.79. The van der Waals surface area contributed by atoms with Gasteiger partial charge in [-0.15, -0.1) is 0 Å². The minimum Gasteiger partial charge on any atom is -0.369 e. The molecule has 0 N–H and O–H groups in total. The van der Waals surface area contributed by atoms with E-state index in [4.69, 9.17) is 4.74 Å². The quantitative estimate of drug-likeness (QED) is 0.616. The molecule has 114 valence electrons. The summed E-state index contributed by atoms with van der Waals surface area (Å²) in [6, 6.07) is 10.7. The zero-order valence-corrected chi connectivity index (χ0v) is 12.9.